The van der Waals surface area contributed by atoms with E-state index >= 15 is 0 Å². The number of aromatic amines is 1. The van der Waals surface area contributed by atoms with E-state index in [0.717, 1.165) is 0 Å². The fraction of sp³-hybridized carbons (Fsp3) is 0.0625. The van der Waals surface area contributed by atoms with Gasteiger partial charge in [0, 0.05) is 17.1 Å². The van der Waals surface area contributed by atoms with Crippen LogP contribution in [0, 0.1) is 40.4 Å². The van der Waals surface area contributed by atoms with Crippen molar-refractivity contribution in [2.75, 3.05) is 0 Å². The van der Waals surface area contributed by atoms with Crippen molar-refractivity contribution in [3.05, 3.63) is 59.0 Å². The zero-order valence-corrected chi connectivity index (χ0v) is 11.4. The number of hydrogen-bond acceptors (Lipinski definition) is 1. The Morgan fingerprint density at radius 2 is 1.52 bits per heavy atom. The summed E-state index contributed by atoms with van der Waals surface area (Å²) in [4.78, 5) is 2.81. The third-order valence-electron chi connectivity index (χ3n) is 3.54. The number of halogens is 5. The zero-order chi connectivity index (χ0) is 16.7. The van der Waals surface area contributed by atoms with Gasteiger partial charge in [-0.3, -0.25) is 0 Å². The lowest BCUT2D eigenvalue weighted by Crippen LogP contribution is -2.04. The first kappa shape index (κ1) is 15.0. The van der Waals surface area contributed by atoms with Gasteiger partial charge in [0.2, 0.25) is 5.82 Å². The number of hydrogen-bond donors (Lipinski definition) is 1. The Bertz CT molecular complexity index is 940. The molecule has 116 valence electrons. The predicted molar refractivity (Wildman–Crippen MR) is 72.8 cm³/mol. The largest absolute Gasteiger partial charge is 0.361 e. The minimum absolute atomic E-state index is 0.0770. The molecule has 0 radical (unpaired) electrons. The lowest BCUT2D eigenvalue weighted by Gasteiger charge is -2.10. The Hall–Kier alpha value is -2.88. The van der Waals surface area contributed by atoms with Gasteiger partial charge in [0.15, 0.2) is 23.3 Å². The molecule has 0 bridgehead atoms. The summed E-state index contributed by atoms with van der Waals surface area (Å²) in [5, 5.41) is 9.06. The number of nitrogens with zero attached hydrogens (tertiary/aromatic N) is 1. The van der Waals surface area contributed by atoms with Gasteiger partial charge in [-0.05, 0) is 17.2 Å². The molecular weight excluding hydrogens is 315 g/mol. The van der Waals surface area contributed by atoms with Crippen LogP contribution in [0.5, 0.6) is 0 Å². The van der Waals surface area contributed by atoms with E-state index in [1.54, 1.807) is 6.07 Å². The van der Waals surface area contributed by atoms with E-state index in [2.05, 4.69) is 4.98 Å². The minimum Gasteiger partial charge on any atom is -0.361 e. The van der Waals surface area contributed by atoms with Crippen molar-refractivity contribution in [1.29, 1.82) is 5.26 Å². The van der Waals surface area contributed by atoms with Crippen LogP contribution in [0.4, 0.5) is 22.0 Å². The predicted octanol–water partition coefficient (Wildman–Crippen LogP) is 4.60. The summed E-state index contributed by atoms with van der Waals surface area (Å²) in [6.45, 7) is 0. The van der Waals surface area contributed by atoms with Crippen LogP contribution in [0.2, 0.25) is 0 Å². The van der Waals surface area contributed by atoms with Gasteiger partial charge in [-0.2, -0.15) is 5.26 Å². The van der Waals surface area contributed by atoms with Gasteiger partial charge in [0.1, 0.15) is 0 Å². The van der Waals surface area contributed by atoms with E-state index in [1.807, 2.05) is 6.07 Å². The van der Waals surface area contributed by atoms with E-state index in [1.165, 1.54) is 18.3 Å². The molecule has 0 atom stereocenters. The minimum atomic E-state index is -2.21. The number of fused-ring (bicyclic) bond motifs is 1. The van der Waals surface area contributed by atoms with Crippen molar-refractivity contribution in [2.45, 2.75) is 6.42 Å². The Morgan fingerprint density at radius 3 is 2.13 bits per heavy atom. The molecule has 23 heavy (non-hydrogen) atoms. The summed E-state index contributed by atoms with van der Waals surface area (Å²) in [5.74, 6) is -10.0. The van der Waals surface area contributed by atoms with Gasteiger partial charge < -0.3 is 4.98 Å². The highest BCUT2D eigenvalue weighted by atomic mass is 19.2. The second-order valence-electron chi connectivity index (χ2n) is 4.82. The van der Waals surface area contributed by atoms with Crippen LogP contribution in [-0.2, 0) is 6.42 Å². The summed E-state index contributed by atoms with van der Waals surface area (Å²) in [7, 11) is 0. The first-order valence-corrected chi connectivity index (χ1v) is 6.45. The standard InChI is InChI=1S/C16H7F5N2/c17-12-11(13(18)15(20)16(21)14(12)19)8-2-1-3-9-10(8)7(4-5-22)6-23-9/h1-3,6,23H,4H2. The highest BCUT2D eigenvalue weighted by Gasteiger charge is 2.28. The van der Waals surface area contributed by atoms with Crippen molar-refractivity contribution in [2.24, 2.45) is 0 Å². The molecular formula is C16H7F5N2. The molecule has 1 aromatic heterocycles. The Labute approximate surface area is 126 Å². The maximum absolute atomic E-state index is 14.0. The second kappa shape index (κ2) is 5.39. The molecule has 2 aromatic carbocycles. The molecule has 2 nitrogen and oxygen atoms in total. The Balaban J connectivity index is 2.43. The smallest absolute Gasteiger partial charge is 0.200 e. The van der Waals surface area contributed by atoms with Gasteiger partial charge in [-0.25, -0.2) is 22.0 Å². The molecule has 0 saturated heterocycles. The van der Waals surface area contributed by atoms with E-state index in [4.69, 9.17) is 5.26 Å². The van der Waals surface area contributed by atoms with Gasteiger partial charge in [0.25, 0.3) is 0 Å². The number of benzene rings is 2. The molecule has 0 aliphatic rings. The summed E-state index contributed by atoms with van der Waals surface area (Å²) >= 11 is 0. The topological polar surface area (TPSA) is 39.6 Å². The average molecular weight is 322 g/mol. The van der Waals surface area contributed by atoms with Crippen LogP contribution in [0.3, 0.4) is 0 Å². The molecule has 3 aromatic rings. The first-order chi connectivity index (χ1) is 11.0. The lowest BCUT2D eigenvalue weighted by molar-refractivity contribution is 0.381. The molecule has 3 rings (SSSR count). The maximum atomic E-state index is 14.0. The normalized spacial score (nSPS) is 11.0. The van der Waals surface area contributed by atoms with Crippen molar-refractivity contribution >= 4 is 10.9 Å². The van der Waals surface area contributed by atoms with Gasteiger partial charge in [-0.15, -0.1) is 0 Å². The van der Waals surface area contributed by atoms with Crippen LogP contribution in [-0.4, -0.2) is 4.98 Å². The van der Waals surface area contributed by atoms with E-state index in [9.17, 15) is 22.0 Å². The van der Waals surface area contributed by atoms with Crippen LogP contribution in [0.25, 0.3) is 22.0 Å². The van der Waals surface area contributed by atoms with Crippen LogP contribution in [0.1, 0.15) is 5.56 Å². The quantitative estimate of drug-likeness (QED) is 0.418. The SMILES string of the molecule is N#CCc1c[nH]c2cccc(-c3c(F)c(F)c(F)c(F)c3F)c12. The van der Waals surface area contributed by atoms with Crippen LogP contribution >= 0.6 is 0 Å². The van der Waals surface area contributed by atoms with E-state index < -0.39 is 34.6 Å². The summed E-state index contributed by atoms with van der Waals surface area (Å²) in [6, 6.07) is 6.13. The summed E-state index contributed by atoms with van der Waals surface area (Å²) in [6.07, 6.45) is 1.38. The zero-order valence-electron chi connectivity index (χ0n) is 11.4. The molecule has 0 saturated carbocycles. The van der Waals surface area contributed by atoms with Crippen molar-refractivity contribution in [3.8, 4) is 17.2 Å². The van der Waals surface area contributed by atoms with Crippen LogP contribution in [0.15, 0.2) is 24.4 Å². The number of nitrogens with one attached hydrogen (secondary N) is 1. The van der Waals surface area contributed by atoms with Gasteiger partial charge in [-0.1, -0.05) is 12.1 Å². The monoisotopic (exact) mass is 322 g/mol. The number of rotatable bonds is 2. The van der Waals surface area contributed by atoms with Crippen LogP contribution < -0.4 is 0 Å². The molecule has 0 aliphatic heterocycles. The Kier molecular flexibility index (Phi) is 3.52. The molecule has 1 heterocycles. The van der Waals surface area contributed by atoms with Crippen molar-refractivity contribution in [1.82, 2.24) is 4.98 Å². The highest BCUT2D eigenvalue weighted by Crippen LogP contribution is 2.37. The summed E-state index contributed by atoms with van der Waals surface area (Å²) < 4.78 is 68.2. The molecule has 0 fully saturated rings. The third-order valence-corrected chi connectivity index (χ3v) is 3.54. The van der Waals surface area contributed by atoms with Gasteiger partial charge in [0.05, 0.1) is 18.1 Å². The fourth-order valence-electron chi connectivity index (χ4n) is 2.53. The van der Waals surface area contributed by atoms with Crippen molar-refractivity contribution in [3.63, 3.8) is 0 Å². The van der Waals surface area contributed by atoms with Gasteiger partial charge >= 0.3 is 0 Å². The van der Waals surface area contributed by atoms with E-state index in [-0.39, 0.29) is 17.4 Å². The van der Waals surface area contributed by atoms with Crippen molar-refractivity contribution < 1.29 is 22.0 Å². The molecule has 0 unspecified atom stereocenters. The molecule has 7 heteroatoms. The third kappa shape index (κ3) is 2.14. The number of nitriles is 1. The molecule has 0 spiro atoms. The fourth-order valence-corrected chi connectivity index (χ4v) is 2.53. The van der Waals surface area contributed by atoms with E-state index in [0.29, 0.717) is 11.1 Å². The average Bonchev–Trinajstić information content (AvgIpc) is 2.96. The first-order valence-electron chi connectivity index (χ1n) is 6.45. The summed E-state index contributed by atoms with van der Waals surface area (Å²) in [5.41, 5.74) is -0.341. The number of H-pyrrole nitrogens is 1. The Morgan fingerprint density at radius 1 is 0.913 bits per heavy atom. The molecule has 1 N–H and O–H groups in total. The molecule has 0 amide bonds. The lowest BCUT2D eigenvalue weighted by atomic mass is 9.97. The highest BCUT2D eigenvalue weighted by molar-refractivity contribution is 5.98. The second-order valence-corrected chi connectivity index (χ2v) is 4.82. The molecule has 0 aliphatic carbocycles. The maximum Gasteiger partial charge on any atom is 0.200 e. The number of aromatic nitrogens is 1.